The molecule has 6 nitrogen and oxygen atoms in total. The van der Waals surface area contributed by atoms with Crippen molar-refractivity contribution in [2.45, 2.75) is 17.9 Å². The van der Waals surface area contributed by atoms with E-state index in [4.69, 9.17) is 0 Å². The highest BCUT2D eigenvalue weighted by atomic mass is 32.2. The molecule has 0 saturated carbocycles. The molecular formula is C12H15NO5S. The lowest BCUT2D eigenvalue weighted by atomic mass is 10.3. The maximum absolute atomic E-state index is 11.5. The van der Waals surface area contributed by atoms with Crippen molar-refractivity contribution in [3.8, 4) is 11.5 Å². The largest absolute Gasteiger partial charge is 0.508 e. The van der Waals surface area contributed by atoms with Crippen LogP contribution in [0.25, 0.3) is 0 Å². The Morgan fingerprint density at radius 3 is 2.68 bits per heavy atom. The lowest BCUT2D eigenvalue weighted by Crippen LogP contribution is -2.42. The van der Waals surface area contributed by atoms with Crippen LogP contribution < -0.4 is 5.32 Å². The number of hydrogen-bond acceptors (Lipinski definition) is 6. The van der Waals surface area contributed by atoms with Gasteiger partial charge in [-0.2, -0.15) is 0 Å². The Kier molecular flexibility index (Phi) is 5.50. The average molecular weight is 285 g/mol. The summed E-state index contributed by atoms with van der Waals surface area (Å²) in [6, 6.07) is 3.27. The van der Waals surface area contributed by atoms with E-state index >= 15 is 0 Å². The van der Waals surface area contributed by atoms with Gasteiger partial charge in [-0.1, -0.05) is 0 Å². The van der Waals surface area contributed by atoms with Crippen molar-refractivity contribution in [2.24, 2.45) is 0 Å². The van der Waals surface area contributed by atoms with Crippen molar-refractivity contribution >= 4 is 23.6 Å². The van der Waals surface area contributed by atoms with E-state index in [2.05, 4.69) is 10.1 Å². The summed E-state index contributed by atoms with van der Waals surface area (Å²) in [5.74, 6) is -0.731. The van der Waals surface area contributed by atoms with Gasteiger partial charge in [-0.05, 0) is 18.2 Å². The van der Waals surface area contributed by atoms with E-state index in [1.54, 1.807) is 0 Å². The summed E-state index contributed by atoms with van der Waals surface area (Å²) in [4.78, 5) is 22.9. The molecular weight excluding hydrogens is 270 g/mol. The second-order valence-electron chi connectivity index (χ2n) is 3.74. The zero-order valence-corrected chi connectivity index (χ0v) is 11.4. The molecule has 0 spiro atoms. The third-order valence-corrected chi connectivity index (χ3v) is 3.35. The zero-order valence-electron chi connectivity index (χ0n) is 10.5. The summed E-state index contributed by atoms with van der Waals surface area (Å²) in [6.07, 6.45) is 0. The average Bonchev–Trinajstić information content (AvgIpc) is 2.36. The zero-order chi connectivity index (χ0) is 14.4. The molecule has 1 amide bonds. The van der Waals surface area contributed by atoms with Crippen molar-refractivity contribution in [3.05, 3.63) is 18.2 Å². The number of nitrogens with one attached hydrogen (secondary N) is 1. The van der Waals surface area contributed by atoms with Crippen molar-refractivity contribution in [2.75, 3.05) is 12.9 Å². The molecule has 0 aromatic heterocycles. The summed E-state index contributed by atoms with van der Waals surface area (Å²) < 4.78 is 4.58. The first-order valence-corrected chi connectivity index (χ1v) is 6.42. The standard InChI is InChI=1S/C12H15NO5S/c1-7(14)13-9(12(17)18-2)6-19-11-5-8(15)3-4-10(11)16/h3-5,9,15-16H,6H2,1-2H3,(H,13,14)/t9-/m0/s1. The van der Waals surface area contributed by atoms with Gasteiger partial charge in [0.2, 0.25) is 5.91 Å². The number of phenols is 2. The fourth-order valence-corrected chi connectivity index (χ4v) is 2.33. The second kappa shape index (κ2) is 6.89. The number of carbonyl (C=O) groups is 2. The SMILES string of the molecule is COC(=O)[C@H](CSc1cc(O)ccc1O)NC(C)=O. The van der Waals surface area contributed by atoms with E-state index in [1.807, 2.05) is 0 Å². The third-order valence-electron chi connectivity index (χ3n) is 2.21. The normalized spacial score (nSPS) is 11.7. The van der Waals surface area contributed by atoms with Crippen LogP contribution in [0.3, 0.4) is 0 Å². The Hall–Kier alpha value is -1.89. The number of rotatable bonds is 5. The van der Waals surface area contributed by atoms with Crippen molar-refractivity contribution < 1.29 is 24.5 Å². The number of ether oxygens (including phenoxy) is 1. The van der Waals surface area contributed by atoms with E-state index in [9.17, 15) is 19.8 Å². The molecule has 0 fully saturated rings. The second-order valence-corrected chi connectivity index (χ2v) is 4.80. The molecule has 1 atom stereocenters. The van der Waals surface area contributed by atoms with Gasteiger partial charge in [0.1, 0.15) is 17.5 Å². The van der Waals surface area contributed by atoms with Crippen LogP contribution in [-0.4, -0.2) is 41.0 Å². The maximum atomic E-state index is 11.5. The first-order valence-electron chi connectivity index (χ1n) is 5.43. The van der Waals surface area contributed by atoms with Gasteiger partial charge in [-0.3, -0.25) is 4.79 Å². The number of esters is 1. The van der Waals surface area contributed by atoms with Gasteiger partial charge in [-0.25, -0.2) is 4.79 Å². The highest BCUT2D eigenvalue weighted by molar-refractivity contribution is 7.99. The van der Waals surface area contributed by atoms with Crippen molar-refractivity contribution in [3.63, 3.8) is 0 Å². The van der Waals surface area contributed by atoms with Gasteiger partial charge in [-0.15, -0.1) is 11.8 Å². The molecule has 0 heterocycles. The van der Waals surface area contributed by atoms with Gasteiger partial charge >= 0.3 is 5.97 Å². The van der Waals surface area contributed by atoms with Crippen LogP contribution in [0.15, 0.2) is 23.1 Å². The fourth-order valence-electron chi connectivity index (χ4n) is 1.35. The molecule has 0 bridgehead atoms. The summed E-state index contributed by atoms with van der Waals surface area (Å²) in [6.45, 7) is 1.30. The fraction of sp³-hybridized carbons (Fsp3) is 0.333. The summed E-state index contributed by atoms with van der Waals surface area (Å²) >= 11 is 1.13. The maximum Gasteiger partial charge on any atom is 0.329 e. The summed E-state index contributed by atoms with van der Waals surface area (Å²) in [5, 5.41) is 21.4. The first kappa shape index (κ1) is 15.2. The number of benzene rings is 1. The molecule has 1 aromatic rings. The minimum atomic E-state index is -0.811. The number of methoxy groups -OCH3 is 1. The van der Waals surface area contributed by atoms with Crippen LogP contribution in [0.4, 0.5) is 0 Å². The van der Waals surface area contributed by atoms with E-state index in [0.29, 0.717) is 4.90 Å². The molecule has 1 rings (SSSR count). The lowest BCUT2D eigenvalue weighted by Gasteiger charge is -2.15. The van der Waals surface area contributed by atoms with Gasteiger partial charge in [0.05, 0.1) is 12.0 Å². The molecule has 3 N–H and O–H groups in total. The van der Waals surface area contributed by atoms with Gasteiger partial charge in [0.15, 0.2) is 0 Å². The highest BCUT2D eigenvalue weighted by Crippen LogP contribution is 2.31. The van der Waals surface area contributed by atoms with E-state index in [0.717, 1.165) is 11.8 Å². The Morgan fingerprint density at radius 1 is 1.42 bits per heavy atom. The summed E-state index contributed by atoms with van der Waals surface area (Å²) in [7, 11) is 1.23. The number of phenolic OH excluding ortho intramolecular Hbond substituents is 2. The van der Waals surface area contributed by atoms with Crippen LogP contribution >= 0.6 is 11.8 Å². The molecule has 19 heavy (non-hydrogen) atoms. The molecule has 0 aliphatic rings. The monoisotopic (exact) mass is 285 g/mol. The van der Waals surface area contributed by atoms with E-state index in [1.165, 1.54) is 32.2 Å². The van der Waals surface area contributed by atoms with Crippen LogP contribution in [0, 0.1) is 0 Å². The minimum Gasteiger partial charge on any atom is -0.508 e. The molecule has 104 valence electrons. The van der Waals surface area contributed by atoms with Crippen molar-refractivity contribution in [1.82, 2.24) is 5.32 Å². The van der Waals surface area contributed by atoms with Gasteiger partial charge < -0.3 is 20.3 Å². The number of amides is 1. The first-order chi connectivity index (χ1) is 8.93. The molecule has 0 radical (unpaired) electrons. The summed E-state index contributed by atoms with van der Waals surface area (Å²) in [5.41, 5.74) is 0. The Bertz CT molecular complexity index is 477. The highest BCUT2D eigenvalue weighted by Gasteiger charge is 2.20. The van der Waals surface area contributed by atoms with Gasteiger partial charge in [0, 0.05) is 12.7 Å². The van der Waals surface area contributed by atoms with Crippen LogP contribution in [0.1, 0.15) is 6.92 Å². The number of thioether (sulfide) groups is 1. The van der Waals surface area contributed by atoms with E-state index in [-0.39, 0.29) is 23.2 Å². The number of aromatic hydroxyl groups is 2. The number of hydrogen-bond donors (Lipinski definition) is 3. The lowest BCUT2D eigenvalue weighted by molar-refractivity contribution is -0.144. The Morgan fingerprint density at radius 2 is 2.11 bits per heavy atom. The van der Waals surface area contributed by atoms with Crippen LogP contribution in [0.2, 0.25) is 0 Å². The Labute approximate surface area is 114 Å². The van der Waals surface area contributed by atoms with E-state index < -0.39 is 12.0 Å². The Balaban J connectivity index is 2.72. The van der Waals surface area contributed by atoms with Gasteiger partial charge in [0.25, 0.3) is 0 Å². The molecule has 0 aliphatic heterocycles. The molecule has 1 aromatic carbocycles. The quantitative estimate of drug-likeness (QED) is 0.422. The molecule has 0 saturated heterocycles. The molecule has 0 unspecified atom stereocenters. The molecule has 0 aliphatic carbocycles. The van der Waals surface area contributed by atoms with Crippen molar-refractivity contribution in [1.29, 1.82) is 0 Å². The van der Waals surface area contributed by atoms with Crippen LogP contribution in [-0.2, 0) is 14.3 Å². The number of carbonyl (C=O) groups excluding carboxylic acids is 2. The predicted octanol–water partition coefficient (Wildman–Crippen LogP) is 0.868. The molecule has 7 heteroatoms. The topological polar surface area (TPSA) is 95.9 Å². The van der Waals surface area contributed by atoms with Crippen LogP contribution in [0.5, 0.6) is 11.5 Å². The third kappa shape index (κ3) is 4.70. The smallest absolute Gasteiger partial charge is 0.329 e. The minimum absolute atomic E-state index is 0.00533. The predicted molar refractivity (Wildman–Crippen MR) is 70.1 cm³/mol.